The molecule has 0 radical (unpaired) electrons. The maximum atomic E-state index is 13.0. The van der Waals surface area contributed by atoms with Crippen molar-refractivity contribution in [2.75, 3.05) is 33.4 Å². The van der Waals surface area contributed by atoms with Crippen LogP contribution in [0.1, 0.15) is 175 Å². The molecule has 0 aliphatic heterocycles. The van der Waals surface area contributed by atoms with Crippen LogP contribution in [0.15, 0.2) is 0 Å². The first-order chi connectivity index (χ1) is 23.3. The predicted octanol–water partition coefficient (Wildman–Crippen LogP) is 8.26. The van der Waals surface area contributed by atoms with Gasteiger partial charge in [0.15, 0.2) is 0 Å². The van der Waals surface area contributed by atoms with Crippen molar-refractivity contribution >= 4 is 23.8 Å². The maximum absolute atomic E-state index is 13.0. The molecule has 0 aromatic heterocycles. The fourth-order valence-corrected chi connectivity index (χ4v) is 6.02. The first-order valence-corrected chi connectivity index (χ1v) is 19.8. The van der Waals surface area contributed by atoms with Crippen LogP contribution in [0.25, 0.3) is 0 Å². The molecule has 0 bridgehead atoms. The Labute approximate surface area is 294 Å². The lowest BCUT2D eigenvalue weighted by Crippen LogP contribution is -2.48. The molecule has 0 rings (SSSR count). The lowest BCUT2D eigenvalue weighted by atomic mass is 9.95. The van der Waals surface area contributed by atoms with Gasteiger partial charge >= 0.3 is 11.9 Å². The number of ether oxygens (including phenoxy) is 2. The fraction of sp³-hybridized carbons (Fsp3) is 0.897. The number of nitrogens with one attached hydrogen (secondary N) is 1. The van der Waals surface area contributed by atoms with Crippen molar-refractivity contribution in [2.24, 2.45) is 17.6 Å². The molecule has 0 aliphatic carbocycles. The molecule has 0 saturated heterocycles. The average Bonchev–Trinajstić information content (AvgIpc) is 3.08. The van der Waals surface area contributed by atoms with Gasteiger partial charge in [0.2, 0.25) is 11.8 Å². The molecule has 0 aromatic rings. The van der Waals surface area contributed by atoms with Crippen molar-refractivity contribution in [3.8, 4) is 0 Å². The first kappa shape index (κ1) is 45.8. The topological polar surface area (TPSA) is 128 Å². The van der Waals surface area contributed by atoms with E-state index in [0.717, 1.165) is 96.3 Å². The highest BCUT2D eigenvalue weighted by molar-refractivity contribution is 5.87. The van der Waals surface area contributed by atoms with Gasteiger partial charge in [-0.3, -0.25) is 19.2 Å². The van der Waals surface area contributed by atoms with E-state index in [0.29, 0.717) is 32.5 Å². The van der Waals surface area contributed by atoms with E-state index in [1.54, 1.807) is 7.05 Å². The van der Waals surface area contributed by atoms with E-state index >= 15 is 0 Å². The normalized spacial score (nSPS) is 13.0. The molecule has 48 heavy (non-hydrogen) atoms. The van der Waals surface area contributed by atoms with Crippen LogP contribution in [0.3, 0.4) is 0 Å². The molecule has 9 heteroatoms. The summed E-state index contributed by atoms with van der Waals surface area (Å²) >= 11 is 0. The van der Waals surface area contributed by atoms with Crippen LogP contribution in [0, 0.1) is 11.8 Å². The van der Waals surface area contributed by atoms with E-state index in [1.165, 1.54) is 37.0 Å². The highest BCUT2D eigenvalue weighted by atomic mass is 16.5. The zero-order chi connectivity index (χ0) is 35.8. The summed E-state index contributed by atoms with van der Waals surface area (Å²) in [7, 11) is 1.64. The van der Waals surface area contributed by atoms with Crippen LogP contribution in [0.2, 0.25) is 0 Å². The van der Waals surface area contributed by atoms with E-state index < -0.39 is 6.04 Å². The minimum absolute atomic E-state index is 0.0269. The van der Waals surface area contributed by atoms with E-state index in [2.05, 4.69) is 33.0 Å². The molecule has 3 N–H and O–H groups in total. The van der Waals surface area contributed by atoms with Gasteiger partial charge in [0.25, 0.3) is 0 Å². The molecule has 0 saturated carbocycles. The van der Waals surface area contributed by atoms with Crippen molar-refractivity contribution in [1.29, 1.82) is 0 Å². The summed E-state index contributed by atoms with van der Waals surface area (Å²) in [5.41, 5.74) is 5.79. The van der Waals surface area contributed by atoms with E-state index in [1.807, 2.05) is 0 Å². The molecule has 2 unspecified atom stereocenters. The zero-order valence-electron chi connectivity index (χ0n) is 31.8. The Kier molecular flexibility index (Phi) is 30.6. The molecule has 2 amide bonds. The summed E-state index contributed by atoms with van der Waals surface area (Å²) in [4.78, 5) is 52.7. The number of nitrogens with two attached hydrogens (primary N) is 1. The highest BCUT2D eigenvalue weighted by Crippen LogP contribution is 2.20. The molecule has 3 atom stereocenters. The minimum atomic E-state index is -0.631. The summed E-state index contributed by atoms with van der Waals surface area (Å²) in [5, 5.41) is 2.97. The molecule has 0 aromatic carbocycles. The Morgan fingerprint density at radius 1 is 0.583 bits per heavy atom. The maximum Gasteiger partial charge on any atom is 0.308 e. The smallest absolute Gasteiger partial charge is 0.308 e. The standard InChI is InChI=1S/C39H75N3O6/c1-6-10-14-18-25-33(23-12-8-3)38(45)47-31-21-17-16-20-30-41-37(44)35(28-29-40)42(5)36(43)27-22-32-48-39(46)34(24-13-9-4)26-19-15-11-7-2/h33-35H,6-32,40H2,1-5H3,(H,41,44)/t33?,34?,35-/m0/s1. The van der Waals surface area contributed by atoms with Gasteiger partial charge in [-0.1, -0.05) is 111 Å². The summed E-state index contributed by atoms with van der Waals surface area (Å²) in [6.07, 6.45) is 21.5. The number of unbranched alkanes of at least 4 members (excludes halogenated alkanes) is 11. The number of carbonyl (C=O) groups is 4. The zero-order valence-corrected chi connectivity index (χ0v) is 31.8. The Hall–Kier alpha value is -2.16. The second kappa shape index (κ2) is 32.1. The largest absolute Gasteiger partial charge is 0.465 e. The van der Waals surface area contributed by atoms with Gasteiger partial charge in [-0.15, -0.1) is 0 Å². The molecular weight excluding hydrogens is 606 g/mol. The number of esters is 2. The van der Waals surface area contributed by atoms with Crippen molar-refractivity contribution in [2.45, 2.75) is 181 Å². The van der Waals surface area contributed by atoms with E-state index in [4.69, 9.17) is 15.2 Å². The lowest BCUT2D eigenvalue weighted by Gasteiger charge is -2.27. The van der Waals surface area contributed by atoms with Gasteiger partial charge in [-0.05, 0) is 64.3 Å². The number of rotatable bonds is 33. The predicted molar refractivity (Wildman–Crippen MR) is 196 cm³/mol. The third kappa shape index (κ3) is 23.2. The van der Waals surface area contributed by atoms with Crippen LogP contribution < -0.4 is 11.1 Å². The molecule has 9 nitrogen and oxygen atoms in total. The Morgan fingerprint density at radius 3 is 1.54 bits per heavy atom. The van der Waals surface area contributed by atoms with Crippen molar-refractivity contribution in [3.63, 3.8) is 0 Å². The third-order valence-electron chi connectivity index (χ3n) is 9.29. The summed E-state index contributed by atoms with van der Waals surface area (Å²) < 4.78 is 11.2. The van der Waals surface area contributed by atoms with Crippen molar-refractivity contribution < 1.29 is 28.7 Å². The number of likely N-dealkylation sites (N-methyl/N-ethyl adjacent to an activating group) is 1. The monoisotopic (exact) mass is 682 g/mol. The first-order valence-electron chi connectivity index (χ1n) is 19.8. The number of hydrogen-bond acceptors (Lipinski definition) is 7. The van der Waals surface area contributed by atoms with Crippen molar-refractivity contribution in [1.82, 2.24) is 10.2 Å². The number of carbonyl (C=O) groups excluding carboxylic acids is 4. The molecule has 0 spiro atoms. The summed E-state index contributed by atoms with van der Waals surface area (Å²) in [6.45, 7) is 10.1. The number of amides is 2. The Balaban J connectivity index is 4.41. The van der Waals surface area contributed by atoms with E-state index in [9.17, 15) is 19.2 Å². The SMILES string of the molecule is CCCCCCC(CCCC)C(=O)OCCCCCCNC(=O)[C@H](CCN)N(C)C(=O)CCCOC(=O)C(CCCC)CCCCCC. The van der Waals surface area contributed by atoms with Gasteiger partial charge in [0.1, 0.15) is 6.04 Å². The highest BCUT2D eigenvalue weighted by Gasteiger charge is 2.26. The third-order valence-corrected chi connectivity index (χ3v) is 9.29. The average molecular weight is 682 g/mol. The second-order valence-corrected chi connectivity index (χ2v) is 13.6. The van der Waals surface area contributed by atoms with Gasteiger partial charge in [-0.25, -0.2) is 0 Å². The molecular formula is C39H75N3O6. The van der Waals surface area contributed by atoms with Crippen LogP contribution >= 0.6 is 0 Å². The van der Waals surface area contributed by atoms with Gasteiger partial charge in [-0.2, -0.15) is 0 Å². The Morgan fingerprint density at radius 2 is 1.04 bits per heavy atom. The number of nitrogens with zero attached hydrogens (tertiary/aromatic N) is 1. The quantitative estimate of drug-likeness (QED) is 0.0527. The van der Waals surface area contributed by atoms with Crippen LogP contribution in [-0.4, -0.2) is 68.0 Å². The van der Waals surface area contributed by atoms with Gasteiger partial charge < -0.3 is 25.4 Å². The minimum Gasteiger partial charge on any atom is -0.465 e. The van der Waals surface area contributed by atoms with Crippen LogP contribution in [0.5, 0.6) is 0 Å². The number of hydrogen-bond donors (Lipinski definition) is 2. The summed E-state index contributed by atoms with van der Waals surface area (Å²) in [6, 6.07) is -0.631. The van der Waals surface area contributed by atoms with Gasteiger partial charge in [0.05, 0.1) is 25.0 Å². The summed E-state index contributed by atoms with van der Waals surface area (Å²) in [5.74, 6) is -0.578. The molecule has 0 fully saturated rings. The fourth-order valence-electron chi connectivity index (χ4n) is 6.02. The molecule has 282 valence electrons. The van der Waals surface area contributed by atoms with Crippen LogP contribution in [0.4, 0.5) is 0 Å². The second-order valence-electron chi connectivity index (χ2n) is 13.6. The molecule has 0 heterocycles. The molecule has 0 aliphatic rings. The van der Waals surface area contributed by atoms with Gasteiger partial charge in [0, 0.05) is 20.0 Å². The van der Waals surface area contributed by atoms with E-state index in [-0.39, 0.29) is 48.6 Å². The van der Waals surface area contributed by atoms with Crippen LogP contribution in [-0.2, 0) is 28.7 Å². The Bertz CT molecular complexity index is 824. The lowest BCUT2D eigenvalue weighted by molar-refractivity contribution is -0.150. The van der Waals surface area contributed by atoms with Crippen molar-refractivity contribution in [3.05, 3.63) is 0 Å².